The average Bonchev–Trinajstić information content (AvgIpc) is 2.49. The topological polar surface area (TPSA) is 32.5 Å². The second-order valence-corrected chi connectivity index (χ2v) is 6.35. The Morgan fingerprint density at radius 2 is 1.88 bits per heavy atom. The Hall–Kier alpha value is -0.120. The highest BCUT2D eigenvalue weighted by atomic mass is 15.2. The Balaban J connectivity index is 1.94. The Kier molecular flexibility index (Phi) is 4.45. The lowest BCUT2D eigenvalue weighted by molar-refractivity contribution is 0.0717. The molecule has 0 aromatic heterocycles. The van der Waals surface area contributed by atoms with Crippen molar-refractivity contribution in [1.29, 1.82) is 0 Å². The van der Waals surface area contributed by atoms with E-state index in [1.54, 1.807) is 0 Å². The number of nitrogens with two attached hydrogens (primary N) is 1. The van der Waals surface area contributed by atoms with E-state index in [0.29, 0.717) is 0 Å². The molecule has 17 heavy (non-hydrogen) atoms. The standard InChI is InChI=1S/C14H29N3/c1-14(12-15,11-13-5-3-6-13)17-8-4-7-16(2)9-10-17/h13H,3-12,15H2,1-2H3. The molecular weight excluding hydrogens is 210 g/mol. The van der Waals surface area contributed by atoms with Gasteiger partial charge in [-0.15, -0.1) is 0 Å². The molecule has 0 spiro atoms. The van der Waals surface area contributed by atoms with Gasteiger partial charge in [0.25, 0.3) is 0 Å². The lowest BCUT2D eigenvalue weighted by atomic mass is 9.76. The van der Waals surface area contributed by atoms with Crippen LogP contribution in [0.1, 0.15) is 39.0 Å². The van der Waals surface area contributed by atoms with Crippen LogP contribution in [0.25, 0.3) is 0 Å². The van der Waals surface area contributed by atoms with Crippen LogP contribution < -0.4 is 5.73 Å². The fraction of sp³-hybridized carbons (Fsp3) is 1.00. The first-order valence-electron chi connectivity index (χ1n) is 7.28. The number of rotatable bonds is 4. The Morgan fingerprint density at radius 1 is 1.12 bits per heavy atom. The smallest absolute Gasteiger partial charge is 0.0306 e. The van der Waals surface area contributed by atoms with Crippen molar-refractivity contribution in [2.75, 3.05) is 39.8 Å². The van der Waals surface area contributed by atoms with Gasteiger partial charge >= 0.3 is 0 Å². The summed E-state index contributed by atoms with van der Waals surface area (Å²) in [7, 11) is 2.23. The van der Waals surface area contributed by atoms with Crippen molar-refractivity contribution in [1.82, 2.24) is 9.80 Å². The van der Waals surface area contributed by atoms with E-state index in [1.807, 2.05) is 0 Å². The van der Waals surface area contributed by atoms with Crippen LogP contribution in [0.4, 0.5) is 0 Å². The van der Waals surface area contributed by atoms with Crippen molar-refractivity contribution < 1.29 is 0 Å². The first kappa shape index (κ1) is 13.3. The molecule has 1 heterocycles. The van der Waals surface area contributed by atoms with Gasteiger partial charge in [-0.25, -0.2) is 0 Å². The summed E-state index contributed by atoms with van der Waals surface area (Å²) in [5.74, 6) is 0.949. The Labute approximate surface area is 106 Å². The van der Waals surface area contributed by atoms with Crippen LogP contribution in [-0.4, -0.2) is 55.1 Å². The zero-order chi connectivity index (χ0) is 12.3. The lowest BCUT2D eigenvalue weighted by Crippen LogP contribution is -2.54. The van der Waals surface area contributed by atoms with E-state index in [-0.39, 0.29) is 5.54 Å². The number of hydrogen-bond acceptors (Lipinski definition) is 3. The maximum Gasteiger partial charge on any atom is 0.0306 e. The Morgan fingerprint density at radius 3 is 2.47 bits per heavy atom. The summed E-state index contributed by atoms with van der Waals surface area (Å²) >= 11 is 0. The predicted octanol–water partition coefficient (Wildman–Crippen LogP) is 1.53. The maximum absolute atomic E-state index is 6.10. The molecule has 1 saturated carbocycles. The summed E-state index contributed by atoms with van der Waals surface area (Å²) in [6.45, 7) is 8.05. The van der Waals surface area contributed by atoms with Gasteiger partial charge in [0.1, 0.15) is 0 Å². The summed E-state index contributed by atoms with van der Waals surface area (Å²) in [4.78, 5) is 5.11. The van der Waals surface area contributed by atoms with Crippen LogP contribution in [0.3, 0.4) is 0 Å². The monoisotopic (exact) mass is 239 g/mol. The highest BCUT2D eigenvalue weighted by molar-refractivity contribution is 4.92. The Bertz CT molecular complexity index is 240. The van der Waals surface area contributed by atoms with Crippen molar-refractivity contribution in [3.05, 3.63) is 0 Å². The maximum atomic E-state index is 6.10. The van der Waals surface area contributed by atoms with Gasteiger partial charge in [-0.1, -0.05) is 19.3 Å². The highest BCUT2D eigenvalue weighted by Gasteiger charge is 2.35. The van der Waals surface area contributed by atoms with Gasteiger partial charge in [0.05, 0.1) is 0 Å². The van der Waals surface area contributed by atoms with Crippen LogP contribution in [0.5, 0.6) is 0 Å². The van der Waals surface area contributed by atoms with Crippen molar-refractivity contribution >= 4 is 0 Å². The molecule has 1 aliphatic carbocycles. The SMILES string of the molecule is CN1CCCN(C(C)(CN)CC2CCC2)CC1. The average molecular weight is 239 g/mol. The molecule has 0 radical (unpaired) electrons. The molecule has 3 nitrogen and oxygen atoms in total. The largest absolute Gasteiger partial charge is 0.329 e. The van der Waals surface area contributed by atoms with Crippen LogP contribution in [0, 0.1) is 5.92 Å². The molecule has 2 N–H and O–H groups in total. The summed E-state index contributed by atoms with van der Waals surface area (Å²) in [6, 6.07) is 0. The first-order chi connectivity index (χ1) is 8.14. The quantitative estimate of drug-likeness (QED) is 0.807. The van der Waals surface area contributed by atoms with E-state index in [4.69, 9.17) is 5.73 Å². The van der Waals surface area contributed by atoms with Crippen LogP contribution in [-0.2, 0) is 0 Å². The third-order valence-corrected chi connectivity index (χ3v) is 4.88. The van der Waals surface area contributed by atoms with E-state index < -0.39 is 0 Å². The molecule has 0 amide bonds. The van der Waals surface area contributed by atoms with Gasteiger partial charge in [-0.05, 0) is 45.8 Å². The lowest BCUT2D eigenvalue weighted by Gasteiger charge is -2.44. The molecule has 0 aromatic rings. The number of hydrogen-bond donors (Lipinski definition) is 1. The summed E-state index contributed by atoms with van der Waals surface area (Å²) < 4.78 is 0. The molecule has 1 aliphatic heterocycles. The molecule has 100 valence electrons. The van der Waals surface area contributed by atoms with Gasteiger partial charge in [-0.3, -0.25) is 4.90 Å². The van der Waals surface area contributed by atoms with E-state index in [2.05, 4.69) is 23.8 Å². The fourth-order valence-electron chi connectivity index (χ4n) is 3.25. The summed E-state index contributed by atoms with van der Waals surface area (Å²) in [5.41, 5.74) is 6.34. The van der Waals surface area contributed by atoms with E-state index in [1.165, 1.54) is 58.3 Å². The second-order valence-electron chi connectivity index (χ2n) is 6.35. The molecule has 3 heteroatoms. The van der Waals surface area contributed by atoms with Gasteiger partial charge in [-0.2, -0.15) is 0 Å². The van der Waals surface area contributed by atoms with Crippen molar-refractivity contribution in [3.63, 3.8) is 0 Å². The molecule has 0 bridgehead atoms. The van der Waals surface area contributed by atoms with Crippen molar-refractivity contribution in [2.24, 2.45) is 11.7 Å². The zero-order valence-electron chi connectivity index (χ0n) is 11.6. The first-order valence-corrected chi connectivity index (χ1v) is 7.28. The summed E-state index contributed by atoms with van der Waals surface area (Å²) in [5, 5.41) is 0. The minimum atomic E-state index is 0.246. The fourth-order valence-corrected chi connectivity index (χ4v) is 3.25. The highest BCUT2D eigenvalue weighted by Crippen LogP contribution is 2.35. The van der Waals surface area contributed by atoms with Gasteiger partial charge in [0.2, 0.25) is 0 Å². The predicted molar refractivity (Wildman–Crippen MR) is 73.1 cm³/mol. The summed E-state index contributed by atoms with van der Waals surface area (Å²) in [6.07, 6.45) is 6.91. The van der Waals surface area contributed by atoms with Crippen LogP contribution in [0.2, 0.25) is 0 Å². The molecule has 2 fully saturated rings. The van der Waals surface area contributed by atoms with E-state index >= 15 is 0 Å². The van der Waals surface area contributed by atoms with Gasteiger partial charge in [0, 0.05) is 25.2 Å². The molecule has 1 saturated heterocycles. The molecule has 2 aliphatic rings. The minimum absolute atomic E-state index is 0.246. The molecule has 1 unspecified atom stereocenters. The molecular formula is C14H29N3. The van der Waals surface area contributed by atoms with E-state index in [0.717, 1.165) is 12.5 Å². The molecule has 0 aromatic carbocycles. The van der Waals surface area contributed by atoms with Crippen LogP contribution in [0.15, 0.2) is 0 Å². The van der Waals surface area contributed by atoms with Crippen molar-refractivity contribution in [3.8, 4) is 0 Å². The van der Waals surface area contributed by atoms with Crippen LogP contribution >= 0.6 is 0 Å². The number of nitrogens with zero attached hydrogens (tertiary/aromatic N) is 2. The minimum Gasteiger partial charge on any atom is -0.329 e. The van der Waals surface area contributed by atoms with Gasteiger partial charge in [0.15, 0.2) is 0 Å². The zero-order valence-corrected chi connectivity index (χ0v) is 11.6. The second kappa shape index (κ2) is 5.68. The molecule has 2 rings (SSSR count). The third-order valence-electron chi connectivity index (χ3n) is 4.88. The van der Waals surface area contributed by atoms with Crippen molar-refractivity contribution in [2.45, 2.75) is 44.6 Å². The normalized spacial score (nSPS) is 28.4. The number of likely N-dealkylation sites (N-methyl/N-ethyl adjacent to an activating group) is 1. The third kappa shape index (κ3) is 3.21. The van der Waals surface area contributed by atoms with E-state index in [9.17, 15) is 0 Å². The van der Waals surface area contributed by atoms with Gasteiger partial charge < -0.3 is 10.6 Å². The molecule has 1 atom stereocenters.